The van der Waals surface area contributed by atoms with E-state index in [1.807, 2.05) is 0 Å². The molecule has 0 amide bonds. The van der Waals surface area contributed by atoms with Crippen molar-refractivity contribution >= 4 is 44.3 Å². The first kappa shape index (κ1) is 14.9. The second-order valence-electron chi connectivity index (χ2n) is 4.09. The van der Waals surface area contributed by atoms with Gasteiger partial charge in [-0.2, -0.15) is 0 Å². The molecule has 2 N–H and O–H groups in total. The molecule has 0 spiro atoms. The van der Waals surface area contributed by atoms with Crippen LogP contribution in [0, 0.1) is 3.57 Å². The van der Waals surface area contributed by atoms with Crippen LogP contribution in [0.3, 0.4) is 0 Å². The zero-order valence-electron chi connectivity index (χ0n) is 10.4. The summed E-state index contributed by atoms with van der Waals surface area (Å²) in [6.45, 7) is 0. The molecule has 0 fully saturated rings. The highest BCUT2D eigenvalue weighted by Crippen LogP contribution is 2.19. The number of aryl methyl sites for hydroxylation is 1. The van der Waals surface area contributed by atoms with Gasteiger partial charge in [-0.25, -0.2) is 13.2 Å². The maximum Gasteiger partial charge on any atom is 0.352 e. The van der Waals surface area contributed by atoms with E-state index in [0.717, 1.165) is 9.64 Å². The van der Waals surface area contributed by atoms with E-state index in [4.69, 9.17) is 5.11 Å². The second-order valence-corrected chi connectivity index (χ2v) is 7.02. The van der Waals surface area contributed by atoms with Gasteiger partial charge in [0.25, 0.3) is 10.0 Å². The Bertz CT molecular complexity index is 750. The standard InChI is InChI=1S/C12H11IN2O4S/c1-15-7-10(6-11(15)12(16)17)20(18,19)14-9-4-2-8(13)3-5-9/h2-7,14H,1H3,(H,16,17). The smallest absolute Gasteiger partial charge is 0.352 e. The zero-order valence-corrected chi connectivity index (χ0v) is 13.3. The summed E-state index contributed by atoms with van der Waals surface area (Å²) in [4.78, 5) is 10.8. The highest BCUT2D eigenvalue weighted by atomic mass is 127. The molecule has 6 nitrogen and oxygen atoms in total. The van der Waals surface area contributed by atoms with Crippen LogP contribution in [0.2, 0.25) is 0 Å². The summed E-state index contributed by atoms with van der Waals surface area (Å²) in [6.07, 6.45) is 1.26. The lowest BCUT2D eigenvalue weighted by Crippen LogP contribution is -2.12. The lowest BCUT2D eigenvalue weighted by molar-refractivity contribution is 0.0686. The number of benzene rings is 1. The van der Waals surface area contributed by atoms with Gasteiger partial charge < -0.3 is 9.67 Å². The normalized spacial score (nSPS) is 11.3. The van der Waals surface area contributed by atoms with Crippen LogP contribution in [-0.2, 0) is 17.1 Å². The SMILES string of the molecule is Cn1cc(S(=O)(=O)Nc2ccc(I)cc2)cc1C(=O)O. The first-order valence-corrected chi connectivity index (χ1v) is 8.04. The molecule has 2 rings (SSSR count). The van der Waals surface area contributed by atoms with Gasteiger partial charge in [0.05, 0.1) is 0 Å². The number of nitrogens with zero attached hydrogens (tertiary/aromatic N) is 1. The molecular formula is C12H11IN2O4S. The van der Waals surface area contributed by atoms with E-state index in [1.165, 1.54) is 17.8 Å². The molecule has 106 valence electrons. The van der Waals surface area contributed by atoms with Crippen molar-refractivity contribution in [2.45, 2.75) is 4.90 Å². The van der Waals surface area contributed by atoms with Gasteiger partial charge in [0, 0.05) is 22.5 Å². The Morgan fingerprint density at radius 3 is 2.40 bits per heavy atom. The number of nitrogens with one attached hydrogen (secondary N) is 1. The minimum absolute atomic E-state index is 0.0871. The average Bonchev–Trinajstić information content (AvgIpc) is 2.75. The van der Waals surface area contributed by atoms with Crippen LogP contribution in [0.15, 0.2) is 41.4 Å². The molecular weight excluding hydrogens is 395 g/mol. The van der Waals surface area contributed by atoms with Crippen LogP contribution in [-0.4, -0.2) is 24.1 Å². The monoisotopic (exact) mass is 406 g/mol. The average molecular weight is 406 g/mol. The predicted octanol–water partition coefficient (Wildman–Crippen LogP) is 2.13. The largest absolute Gasteiger partial charge is 0.477 e. The number of carboxylic acids is 1. The molecule has 0 atom stereocenters. The summed E-state index contributed by atoms with van der Waals surface area (Å²) in [5.74, 6) is -1.18. The summed E-state index contributed by atoms with van der Waals surface area (Å²) in [5, 5.41) is 8.93. The summed E-state index contributed by atoms with van der Waals surface area (Å²) in [6, 6.07) is 7.94. The van der Waals surface area contributed by atoms with Crippen LogP contribution in [0.4, 0.5) is 5.69 Å². The number of aromatic nitrogens is 1. The topological polar surface area (TPSA) is 88.4 Å². The number of hydrogen-bond acceptors (Lipinski definition) is 3. The van der Waals surface area contributed by atoms with Crippen LogP contribution in [0.1, 0.15) is 10.5 Å². The van der Waals surface area contributed by atoms with Gasteiger partial charge in [-0.05, 0) is 52.9 Å². The summed E-state index contributed by atoms with van der Waals surface area (Å²) < 4.78 is 29.0. The summed E-state index contributed by atoms with van der Waals surface area (Å²) in [7, 11) is -2.32. The third-order valence-electron chi connectivity index (χ3n) is 2.61. The molecule has 0 aliphatic heterocycles. The molecule has 0 unspecified atom stereocenters. The molecule has 0 aliphatic rings. The van der Waals surface area contributed by atoms with E-state index in [0.29, 0.717) is 5.69 Å². The Morgan fingerprint density at radius 2 is 1.90 bits per heavy atom. The highest BCUT2D eigenvalue weighted by molar-refractivity contribution is 14.1. The molecule has 20 heavy (non-hydrogen) atoms. The number of anilines is 1. The van der Waals surface area contributed by atoms with E-state index in [1.54, 1.807) is 24.3 Å². The Morgan fingerprint density at radius 1 is 1.30 bits per heavy atom. The first-order valence-electron chi connectivity index (χ1n) is 5.47. The maximum atomic E-state index is 12.2. The maximum absolute atomic E-state index is 12.2. The number of rotatable bonds is 4. The van der Waals surface area contributed by atoms with Crippen LogP contribution < -0.4 is 4.72 Å². The third-order valence-corrected chi connectivity index (χ3v) is 4.67. The van der Waals surface area contributed by atoms with Gasteiger partial charge >= 0.3 is 5.97 Å². The Balaban J connectivity index is 2.33. The number of carbonyl (C=O) groups is 1. The Labute approximate surface area is 129 Å². The van der Waals surface area contributed by atoms with Gasteiger partial charge in [0.15, 0.2) is 0 Å². The van der Waals surface area contributed by atoms with Crippen molar-refractivity contribution in [2.75, 3.05) is 4.72 Å². The van der Waals surface area contributed by atoms with Crippen LogP contribution in [0.25, 0.3) is 0 Å². The first-order chi connectivity index (χ1) is 9.29. The van der Waals surface area contributed by atoms with Gasteiger partial charge in [-0.15, -0.1) is 0 Å². The van der Waals surface area contributed by atoms with Crippen molar-refractivity contribution in [2.24, 2.45) is 7.05 Å². The minimum atomic E-state index is -3.80. The lowest BCUT2D eigenvalue weighted by Gasteiger charge is -2.06. The van der Waals surface area contributed by atoms with E-state index in [9.17, 15) is 13.2 Å². The Kier molecular flexibility index (Phi) is 4.04. The van der Waals surface area contributed by atoms with Gasteiger partial charge in [-0.3, -0.25) is 4.72 Å². The molecule has 1 aromatic carbocycles. The fourth-order valence-electron chi connectivity index (χ4n) is 1.63. The van der Waals surface area contributed by atoms with E-state index >= 15 is 0 Å². The second kappa shape index (κ2) is 5.44. The van der Waals surface area contributed by atoms with Crippen molar-refractivity contribution < 1.29 is 18.3 Å². The van der Waals surface area contributed by atoms with E-state index in [2.05, 4.69) is 27.3 Å². The minimum Gasteiger partial charge on any atom is -0.477 e. The Hall–Kier alpha value is -1.55. The summed E-state index contributed by atoms with van der Waals surface area (Å²) >= 11 is 2.11. The molecule has 0 aliphatic carbocycles. The third kappa shape index (κ3) is 3.12. The predicted molar refractivity (Wildman–Crippen MR) is 82.3 cm³/mol. The van der Waals surface area contributed by atoms with Gasteiger partial charge in [0.1, 0.15) is 10.6 Å². The van der Waals surface area contributed by atoms with E-state index in [-0.39, 0.29) is 10.6 Å². The number of carboxylic acid groups (broad SMARTS) is 1. The fourth-order valence-corrected chi connectivity index (χ4v) is 3.11. The van der Waals surface area contributed by atoms with Gasteiger partial charge in [-0.1, -0.05) is 0 Å². The molecule has 2 aromatic rings. The molecule has 8 heteroatoms. The van der Waals surface area contributed by atoms with Crippen molar-refractivity contribution in [3.8, 4) is 0 Å². The van der Waals surface area contributed by atoms with Crippen molar-refractivity contribution in [1.82, 2.24) is 4.57 Å². The van der Waals surface area contributed by atoms with Crippen molar-refractivity contribution in [3.05, 3.63) is 45.8 Å². The quantitative estimate of drug-likeness (QED) is 0.762. The molecule has 1 heterocycles. The molecule has 0 saturated heterocycles. The fraction of sp³-hybridized carbons (Fsp3) is 0.0833. The van der Waals surface area contributed by atoms with Gasteiger partial charge in [0.2, 0.25) is 0 Å². The van der Waals surface area contributed by atoms with Crippen molar-refractivity contribution in [3.63, 3.8) is 0 Å². The number of aromatic carboxylic acids is 1. The van der Waals surface area contributed by atoms with E-state index < -0.39 is 16.0 Å². The van der Waals surface area contributed by atoms with Crippen LogP contribution >= 0.6 is 22.6 Å². The number of hydrogen-bond donors (Lipinski definition) is 2. The van der Waals surface area contributed by atoms with Crippen LogP contribution in [0.5, 0.6) is 0 Å². The zero-order chi connectivity index (χ0) is 14.9. The molecule has 0 radical (unpaired) electrons. The summed E-state index contributed by atoms with van der Waals surface area (Å²) in [5.41, 5.74) is 0.333. The number of halogens is 1. The van der Waals surface area contributed by atoms with Crippen molar-refractivity contribution in [1.29, 1.82) is 0 Å². The molecule has 1 aromatic heterocycles. The number of sulfonamides is 1. The highest BCUT2D eigenvalue weighted by Gasteiger charge is 2.20. The molecule has 0 bridgehead atoms. The lowest BCUT2D eigenvalue weighted by atomic mass is 10.3. The molecule has 0 saturated carbocycles.